The highest BCUT2D eigenvalue weighted by molar-refractivity contribution is 7.11. The molecule has 2 aromatic rings. The predicted molar refractivity (Wildman–Crippen MR) is 94.7 cm³/mol. The van der Waals surface area contributed by atoms with Crippen LogP contribution in [-0.4, -0.2) is 28.5 Å². The van der Waals surface area contributed by atoms with Gasteiger partial charge in [-0.25, -0.2) is 4.79 Å². The summed E-state index contributed by atoms with van der Waals surface area (Å²) in [5.74, 6) is -0.247. The number of hydrogen-bond acceptors (Lipinski definition) is 6. The number of thiazole rings is 1. The van der Waals surface area contributed by atoms with E-state index in [1.165, 1.54) is 10.8 Å². The highest BCUT2D eigenvalue weighted by atomic mass is 32.1. The van der Waals surface area contributed by atoms with Crippen molar-refractivity contribution < 1.29 is 14.6 Å². The van der Waals surface area contributed by atoms with Crippen LogP contribution < -0.4 is 4.87 Å². The molecule has 128 valence electrons. The number of nitrogens with zero attached hydrogens (tertiary/aromatic N) is 2. The van der Waals surface area contributed by atoms with E-state index in [0.717, 1.165) is 11.3 Å². The van der Waals surface area contributed by atoms with Gasteiger partial charge in [0.2, 0.25) is 5.88 Å². The van der Waals surface area contributed by atoms with Crippen molar-refractivity contribution in [1.82, 2.24) is 4.57 Å². The second-order valence-corrected chi connectivity index (χ2v) is 6.58. The molecule has 0 aliphatic carbocycles. The third kappa shape index (κ3) is 4.32. The molecule has 1 aromatic carbocycles. The van der Waals surface area contributed by atoms with Crippen molar-refractivity contribution in [1.29, 1.82) is 0 Å². The molecule has 0 saturated carbocycles. The van der Waals surface area contributed by atoms with E-state index in [1.807, 2.05) is 13.8 Å². The lowest BCUT2D eigenvalue weighted by molar-refractivity contribution is 0.0526. The Bertz CT molecular complexity index is 805. The van der Waals surface area contributed by atoms with E-state index in [4.69, 9.17) is 4.74 Å². The van der Waals surface area contributed by atoms with Crippen LogP contribution in [0.4, 0.5) is 5.69 Å². The lowest BCUT2D eigenvalue weighted by Crippen LogP contribution is -2.15. The number of aromatic nitrogens is 1. The van der Waals surface area contributed by atoms with E-state index < -0.39 is 5.97 Å². The molecule has 24 heavy (non-hydrogen) atoms. The minimum atomic E-state index is -0.412. The summed E-state index contributed by atoms with van der Waals surface area (Å²) in [6.07, 6.45) is 1.43. The summed E-state index contributed by atoms with van der Waals surface area (Å²) in [6.45, 7) is 6.44. The molecule has 1 N–H and O–H groups in total. The van der Waals surface area contributed by atoms with Crippen molar-refractivity contribution >= 4 is 29.2 Å². The van der Waals surface area contributed by atoms with Crippen LogP contribution in [0.25, 0.3) is 0 Å². The Morgan fingerprint density at radius 2 is 2.21 bits per heavy atom. The van der Waals surface area contributed by atoms with Gasteiger partial charge in [-0.2, -0.15) is 0 Å². The number of aromatic hydroxyl groups is 1. The SMILES string of the molecule is CCOC(=O)c1cccc(N=Cc2sc(=O)n(CC(C)C)c2O)c1. The lowest BCUT2D eigenvalue weighted by atomic mass is 10.2. The van der Waals surface area contributed by atoms with Gasteiger partial charge in [0.1, 0.15) is 4.88 Å². The maximum absolute atomic E-state index is 11.9. The minimum absolute atomic E-state index is 0.0796. The first-order valence-electron chi connectivity index (χ1n) is 7.66. The number of ether oxygens (including phenoxy) is 1. The third-order valence-corrected chi connectivity index (χ3v) is 4.03. The van der Waals surface area contributed by atoms with Gasteiger partial charge >= 0.3 is 10.8 Å². The Morgan fingerprint density at radius 3 is 2.88 bits per heavy atom. The molecule has 0 spiro atoms. The average molecular weight is 348 g/mol. The largest absolute Gasteiger partial charge is 0.493 e. The Balaban J connectivity index is 2.24. The summed E-state index contributed by atoms with van der Waals surface area (Å²) < 4.78 is 6.29. The quantitative estimate of drug-likeness (QED) is 0.642. The van der Waals surface area contributed by atoms with Crippen LogP contribution in [0.1, 0.15) is 36.0 Å². The van der Waals surface area contributed by atoms with E-state index in [-0.39, 0.29) is 16.7 Å². The Labute approximate surface area is 144 Å². The number of rotatable bonds is 6. The monoisotopic (exact) mass is 348 g/mol. The maximum Gasteiger partial charge on any atom is 0.338 e. The highest BCUT2D eigenvalue weighted by Gasteiger charge is 2.13. The zero-order valence-electron chi connectivity index (χ0n) is 13.9. The molecule has 6 nitrogen and oxygen atoms in total. The highest BCUT2D eigenvalue weighted by Crippen LogP contribution is 2.21. The molecule has 2 rings (SSSR count). The van der Waals surface area contributed by atoms with Gasteiger partial charge in [0.15, 0.2) is 0 Å². The average Bonchev–Trinajstić information content (AvgIpc) is 2.80. The molecule has 1 aromatic heterocycles. The molecule has 0 radical (unpaired) electrons. The molecule has 1 heterocycles. The Morgan fingerprint density at radius 1 is 1.46 bits per heavy atom. The van der Waals surface area contributed by atoms with Crippen LogP contribution in [0.3, 0.4) is 0 Å². The second-order valence-electron chi connectivity index (χ2n) is 5.59. The smallest absolute Gasteiger partial charge is 0.338 e. The molecule has 0 aliphatic rings. The van der Waals surface area contributed by atoms with Crippen LogP contribution in [-0.2, 0) is 11.3 Å². The molecule has 0 atom stereocenters. The standard InChI is InChI=1S/C17H20N2O4S/c1-4-23-16(21)12-6-5-7-13(8-12)18-9-14-15(20)19(10-11(2)3)17(22)24-14/h5-9,11,20H,4,10H2,1-3H3. The second kappa shape index (κ2) is 7.92. The zero-order chi connectivity index (χ0) is 17.7. The number of hydrogen-bond donors (Lipinski definition) is 1. The molecule has 0 saturated heterocycles. The van der Waals surface area contributed by atoms with E-state index in [2.05, 4.69) is 4.99 Å². The fourth-order valence-corrected chi connectivity index (χ4v) is 2.85. The van der Waals surface area contributed by atoms with Crippen molar-refractivity contribution in [2.75, 3.05) is 6.61 Å². The van der Waals surface area contributed by atoms with Crippen LogP contribution in [0.5, 0.6) is 5.88 Å². The molecular weight excluding hydrogens is 328 g/mol. The predicted octanol–water partition coefficient (Wildman–Crippen LogP) is 3.20. The number of carbonyl (C=O) groups is 1. The fraction of sp³-hybridized carbons (Fsp3) is 0.353. The van der Waals surface area contributed by atoms with Gasteiger partial charge in [0.05, 0.1) is 24.1 Å². The number of carbonyl (C=O) groups excluding carboxylic acids is 1. The van der Waals surface area contributed by atoms with Gasteiger partial charge in [-0.1, -0.05) is 31.3 Å². The summed E-state index contributed by atoms with van der Waals surface area (Å²) in [7, 11) is 0. The first-order chi connectivity index (χ1) is 11.4. The summed E-state index contributed by atoms with van der Waals surface area (Å²) >= 11 is 0.937. The summed E-state index contributed by atoms with van der Waals surface area (Å²) in [4.78, 5) is 28.1. The number of esters is 1. The van der Waals surface area contributed by atoms with Crippen molar-refractivity contribution in [2.45, 2.75) is 27.3 Å². The summed E-state index contributed by atoms with van der Waals surface area (Å²) in [6, 6.07) is 6.67. The maximum atomic E-state index is 11.9. The summed E-state index contributed by atoms with van der Waals surface area (Å²) in [5.41, 5.74) is 0.942. The first-order valence-corrected chi connectivity index (χ1v) is 8.47. The molecule has 0 amide bonds. The topological polar surface area (TPSA) is 80.9 Å². The summed E-state index contributed by atoms with van der Waals surface area (Å²) in [5, 5.41) is 10.2. The van der Waals surface area contributed by atoms with Crippen molar-refractivity contribution in [3.8, 4) is 5.88 Å². The van der Waals surface area contributed by atoms with Crippen LogP contribution in [0.15, 0.2) is 34.1 Å². The van der Waals surface area contributed by atoms with Crippen LogP contribution in [0, 0.1) is 5.92 Å². The van der Waals surface area contributed by atoms with Gasteiger partial charge in [-0.05, 0) is 31.0 Å². The van der Waals surface area contributed by atoms with Crippen molar-refractivity contribution in [3.63, 3.8) is 0 Å². The third-order valence-electron chi connectivity index (χ3n) is 3.13. The Hall–Kier alpha value is -2.41. The normalized spacial score (nSPS) is 11.3. The van der Waals surface area contributed by atoms with Gasteiger partial charge in [0, 0.05) is 6.54 Å². The zero-order valence-corrected chi connectivity index (χ0v) is 14.7. The molecule has 0 unspecified atom stereocenters. The van der Waals surface area contributed by atoms with Gasteiger partial charge in [-0.3, -0.25) is 14.4 Å². The minimum Gasteiger partial charge on any atom is -0.493 e. The molecule has 0 aliphatic heterocycles. The van der Waals surface area contributed by atoms with Gasteiger partial charge in [0.25, 0.3) is 0 Å². The van der Waals surface area contributed by atoms with Gasteiger partial charge < -0.3 is 9.84 Å². The lowest BCUT2D eigenvalue weighted by Gasteiger charge is -2.05. The Kier molecular flexibility index (Phi) is 5.92. The van der Waals surface area contributed by atoms with Crippen molar-refractivity contribution in [2.24, 2.45) is 10.9 Å². The molecule has 0 fully saturated rings. The fourth-order valence-electron chi connectivity index (χ4n) is 2.09. The molecule has 0 bridgehead atoms. The van der Waals surface area contributed by atoms with Crippen LogP contribution >= 0.6 is 11.3 Å². The van der Waals surface area contributed by atoms with E-state index >= 15 is 0 Å². The number of aliphatic imine (C=N–C) groups is 1. The van der Waals surface area contributed by atoms with Crippen LogP contribution in [0.2, 0.25) is 0 Å². The van der Waals surface area contributed by atoms with E-state index in [1.54, 1.807) is 31.2 Å². The van der Waals surface area contributed by atoms with Gasteiger partial charge in [-0.15, -0.1) is 0 Å². The van der Waals surface area contributed by atoms with Crippen molar-refractivity contribution in [3.05, 3.63) is 44.4 Å². The first kappa shape index (κ1) is 17.9. The van der Waals surface area contributed by atoms with E-state index in [9.17, 15) is 14.7 Å². The molecule has 7 heteroatoms. The number of benzene rings is 1. The van der Waals surface area contributed by atoms with E-state index in [0.29, 0.717) is 29.3 Å². The molecular formula is C17H20N2O4S.